The molecule has 1 aromatic carbocycles. The molecule has 2 aliphatic rings. The molecule has 5 rings (SSSR count). The zero-order chi connectivity index (χ0) is 25.1. The second-order valence-corrected chi connectivity index (χ2v) is 11.4. The number of hydrogen-bond acceptors (Lipinski definition) is 7. The van der Waals surface area contributed by atoms with Gasteiger partial charge in [-0.2, -0.15) is 18.2 Å². The Kier molecular flexibility index (Phi) is 6.58. The Morgan fingerprint density at radius 2 is 1.91 bits per heavy atom. The minimum atomic E-state index is -4.62. The van der Waals surface area contributed by atoms with Crippen molar-refractivity contribution in [1.29, 1.82) is 0 Å². The number of nitrogens with one attached hydrogen (secondary N) is 1. The van der Waals surface area contributed by atoms with E-state index in [1.54, 1.807) is 11.4 Å². The average Bonchev–Trinajstić information content (AvgIpc) is 3.10. The number of anilines is 1. The molecule has 6 nitrogen and oxygen atoms in total. The molecule has 188 valence electrons. The second-order valence-electron chi connectivity index (χ2n) is 9.02. The molecule has 0 aliphatic carbocycles. The van der Waals surface area contributed by atoms with Crippen molar-refractivity contribution in [3.8, 4) is 10.4 Å². The van der Waals surface area contributed by atoms with E-state index < -0.39 is 17.4 Å². The van der Waals surface area contributed by atoms with E-state index in [1.165, 1.54) is 23.4 Å². The van der Waals surface area contributed by atoms with Gasteiger partial charge in [0.15, 0.2) is 0 Å². The van der Waals surface area contributed by atoms with Crippen molar-refractivity contribution in [3.63, 3.8) is 0 Å². The lowest BCUT2D eigenvalue weighted by Gasteiger charge is -2.37. The van der Waals surface area contributed by atoms with E-state index in [2.05, 4.69) is 10.3 Å². The highest BCUT2D eigenvalue weighted by molar-refractivity contribution is 7.99. The molecule has 0 bridgehead atoms. The number of thioether (sulfide) groups is 1. The first-order chi connectivity index (χ1) is 16.6. The van der Waals surface area contributed by atoms with Gasteiger partial charge in [-0.05, 0) is 26.0 Å². The monoisotopic (exact) mass is 544 g/mol. The molecule has 0 spiro atoms. The molecule has 4 heterocycles. The van der Waals surface area contributed by atoms with Crippen molar-refractivity contribution in [2.75, 3.05) is 30.9 Å². The number of ether oxygens (including phenoxy) is 1. The molecule has 1 fully saturated rings. The van der Waals surface area contributed by atoms with Gasteiger partial charge in [0.25, 0.3) is 0 Å². The fourth-order valence-electron chi connectivity index (χ4n) is 4.93. The summed E-state index contributed by atoms with van der Waals surface area (Å²) >= 11 is 8.55. The summed E-state index contributed by atoms with van der Waals surface area (Å²) in [5.41, 5.74) is -0.731. The standard InChI is InChI=1S/C23H24ClF3N4O2S2/c1-11-6-30(7-12(2)28-11)21-15-5-16(23(25,26)27)18(17-4-13(24)9-34-17)20-19(15)31(22(32)29-21)8-14(33-3)10-35-20/h4-5,9,11-12,14,28H,6-8,10H2,1-3H3/t11-,12+,14-/m0/s1. The minimum Gasteiger partial charge on any atom is -0.379 e. The largest absolute Gasteiger partial charge is 0.417 e. The van der Waals surface area contributed by atoms with Crippen LogP contribution in [0.15, 0.2) is 27.2 Å². The number of nitrogens with zero attached hydrogens (tertiary/aromatic N) is 3. The molecule has 0 unspecified atom stereocenters. The van der Waals surface area contributed by atoms with Crippen molar-refractivity contribution in [2.45, 2.75) is 49.7 Å². The van der Waals surface area contributed by atoms with Gasteiger partial charge in [-0.3, -0.25) is 4.57 Å². The molecule has 3 atom stereocenters. The Bertz CT molecular complexity index is 1330. The Hall–Kier alpha value is -1.79. The molecule has 0 radical (unpaired) electrons. The van der Waals surface area contributed by atoms with Crippen LogP contribution in [0.25, 0.3) is 21.3 Å². The fraction of sp³-hybridized carbons (Fsp3) is 0.478. The molecule has 0 amide bonds. The summed E-state index contributed by atoms with van der Waals surface area (Å²) in [4.78, 5) is 20.4. The average molecular weight is 545 g/mol. The summed E-state index contributed by atoms with van der Waals surface area (Å²) in [6.45, 7) is 5.28. The van der Waals surface area contributed by atoms with E-state index in [0.29, 0.717) is 50.4 Å². The van der Waals surface area contributed by atoms with Crippen LogP contribution >= 0.6 is 34.7 Å². The number of rotatable bonds is 3. The van der Waals surface area contributed by atoms with Gasteiger partial charge in [0.1, 0.15) is 5.82 Å². The van der Waals surface area contributed by atoms with Crippen molar-refractivity contribution >= 4 is 51.4 Å². The maximum atomic E-state index is 14.6. The molecule has 35 heavy (non-hydrogen) atoms. The van der Waals surface area contributed by atoms with Crippen molar-refractivity contribution in [3.05, 3.63) is 38.6 Å². The first-order valence-corrected chi connectivity index (χ1v) is 13.4. The topological polar surface area (TPSA) is 59.4 Å². The maximum absolute atomic E-state index is 14.6. The van der Waals surface area contributed by atoms with Gasteiger partial charge in [-0.25, -0.2) is 4.79 Å². The van der Waals surface area contributed by atoms with E-state index in [1.807, 2.05) is 18.7 Å². The van der Waals surface area contributed by atoms with Gasteiger partial charge in [-0.15, -0.1) is 23.1 Å². The summed E-state index contributed by atoms with van der Waals surface area (Å²) in [6, 6.07) is 2.89. The van der Waals surface area contributed by atoms with E-state index in [-0.39, 0.29) is 30.3 Å². The van der Waals surface area contributed by atoms with Crippen LogP contribution in [0.5, 0.6) is 0 Å². The summed E-state index contributed by atoms with van der Waals surface area (Å²) < 4.78 is 50.7. The lowest BCUT2D eigenvalue weighted by Crippen LogP contribution is -2.55. The second kappa shape index (κ2) is 9.26. The number of aromatic nitrogens is 2. The summed E-state index contributed by atoms with van der Waals surface area (Å²) in [5, 5.41) is 5.72. The normalized spacial score (nSPS) is 23.1. The third-order valence-electron chi connectivity index (χ3n) is 6.31. The van der Waals surface area contributed by atoms with Crippen molar-refractivity contribution in [1.82, 2.24) is 14.9 Å². The Morgan fingerprint density at radius 1 is 1.20 bits per heavy atom. The van der Waals surface area contributed by atoms with Crippen molar-refractivity contribution in [2.24, 2.45) is 0 Å². The third kappa shape index (κ3) is 4.57. The molecule has 12 heteroatoms. The van der Waals surface area contributed by atoms with Crippen LogP contribution in [-0.2, 0) is 17.5 Å². The van der Waals surface area contributed by atoms with E-state index in [9.17, 15) is 18.0 Å². The fourth-order valence-corrected chi connectivity index (χ4v) is 7.45. The van der Waals surface area contributed by atoms with Gasteiger partial charge in [0, 0.05) is 64.1 Å². The molecule has 2 aliphatic heterocycles. The summed E-state index contributed by atoms with van der Waals surface area (Å²) in [6.07, 6.45) is -4.97. The number of thiophene rings is 1. The zero-order valence-corrected chi connectivity index (χ0v) is 21.7. The highest BCUT2D eigenvalue weighted by atomic mass is 35.5. The molecule has 3 aromatic rings. The first-order valence-electron chi connectivity index (χ1n) is 11.2. The third-order valence-corrected chi connectivity index (χ3v) is 8.83. The number of alkyl halides is 3. The van der Waals surface area contributed by atoms with E-state index >= 15 is 0 Å². The number of benzene rings is 1. The van der Waals surface area contributed by atoms with E-state index in [0.717, 1.165) is 17.4 Å². The smallest absolute Gasteiger partial charge is 0.379 e. The number of piperazine rings is 1. The highest BCUT2D eigenvalue weighted by Gasteiger charge is 2.39. The SMILES string of the molecule is CO[C@@H]1CSc2c(-c3cc(Cl)cs3)c(C(F)(F)F)cc3c(N4C[C@@H](C)N[C@@H](C)C4)nc(=O)n(c23)C1. The Labute approximate surface area is 213 Å². The van der Waals surface area contributed by atoms with Crippen LogP contribution < -0.4 is 15.9 Å². The van der Waals surface area contributed by atoms with Crippen molar-refractivity contribution < 1.29 is 17.9 Å². The Balaban J connectivity index is 1.89. The van der Waals surface area contributed by atoms with E-state index in [4.69, 9.17) is 16.3 Å². The van der Waals surface area contributed by atoms with Crippen LogP contribution in [0.3, 0.4) is 0 Å². The number of halogens is 4. The Morgan fingerprint density at radius 3 is 2.51 bits per heavy atom. The zero-order valence-electron chi connectivity index (χ0n) is 19.3. The van der Waals surface area contributed by atoms with Gasteiger partial charge in [0.2, 0.25) is 0 Å². The summed E-state index contributed by atoms with van der Waals surface area (Å²) in [7, 11) is 1.54. The first kappa shape index (κ1) is 24.9. The van der Waals surface area contributed by atoms with Gasteiger partial charge >= 0.3 is 11.9 Å². The predicted molar refractivity (Wildman–Crippen MR) is 135 cm³/mol. The molecule has 2 aromatic heterocycles. The van der Waals surface area contributed by atoms with Gasteiger partial charge in [-0.1, -0.05) is 11.6 Å². The summed E-state index contributed by atoms with van der Waals surface area (Å²) in [5.74, 6) is 0.692. The van der Waals surface area contributed by atoms with Crippen LogP contribution in [0, 0.1) is 0 Å². The molecular formula is C23H24ClF3N4O2S2. The molecule has 1 N–H and O–H groups in total. The minimum absolute atomic E-state index is 0.0519. The van der Waals surface area contributed by atoms with Crippen LogP contribution in [0.2, 0.25) is 5.02 Å². The number of methoxy groups -OCH3 is 1. The quantitative estimate of drug-likeness (QED) is 0.495. The molecule has 1 saturated heterocycles. The van der Waals surface area contributed by atoms with Crippen LogP contribution in [0.4, 0.5) is 19.0 Å². The maximum Gasteiger partial charge on any atom is 0.417 e. The number of hydrogen-bond donors (Lipinski definition) is 1. The van der Waals surface area contributed by atoms with Crippen LogP contribution in [-0.4, -0.2) is 53.7 Å². The predicted octanol–water partition coefficient (Wildman–Crippen LogP) is 5.10. The lowest BCUT2D eigenvalue weighted by atomic mass is 10.0. The van der Waals surface area contributed by atoms with Gasteiger partial charge in [0.05, 0.1) is 28.8 Å². The van der Waals surface area contributed by atoms with Gasteiger partial charge < -0.3 is 15.0 Å². The molecular weight excluding hydrogens is 521 g/mol. The highest BCUT2D eigenvalue weighted by Crippen LogP contribution is 2.49. The lowest BCUT2D eigenvalue weighted by molar-refractivity contribution is -0.137. The molecule has 0 saturated carbocycles. The van der Waals surface area contributed by atoms with Crippen LogP contribution in [0.1, 0.15) is 19.4 Å².